The summed E-state index contributed by atoms with van der Waals surface area (Å²) in [4.78, 5) is 12.3. The number of carbonyl (C=O) groups excluding carboxylic acids is 1. The Kier molecular flexibility index (Phi) is 20.2. The van der Waals surface area contributed by atoms with Crippen LogP contribution in [-0.2, 0) is 24.1 Å². The smallest absolute Gasteiger partial charge is 0.183 e. The lowest BCUT2D eigenvalue weighted by molar-refractivity contribution is 0.0981. The number of ketones is 1. The number of rotatable bonds is 15. The quantitative estimate of drug-likeness (QED) is 0.171. The van der Waals surface area contributed by atoms with Gasteiger partial charge in [-0.3, -0.25) is 9.48 Å². The zero-order valence-corrected chi connectivity index (χ0v) is 26.3. The van der Waals surface area contributed by atoms with Crippen molar-refractivity contribution < 1.29 is 9.53 Å². The molecule has 0 amide bonds. The molecule has 0 saturated carbocycles. The van der Waals surface area contributed by atoms with Crippen LogP contribution >= 0.6 is 0 Å². The molecule has 0 radical (unpaired) electrons. The van der Waals surface area contributed by atoms with Crippen molar-refractivity contribution in [3.8, 4) is 0 Å². The topological polar surface area (TPSA) is 44.1 Å². The molecule has 2 aromatic rings. The minimum atomic E-state index is 0.161. The van der Waals surface area contributed by atoms with E-state index in [0.29, 0.717) is 12.1 Å². The Bertz CT molecular complexity index is 913. The lowest BCUT2D eigenvalue weighted by Gasteiger charge is -2.10. The maximum Gasteiger partial charge on any atom is 0.183 e. The van der Waals surface area contributed by atoms with Crippen molar-refractivity contribution in [2.24, 2.45) is 5.92 Å². The number of allylic oxidation sites excluding steroid dienone is 1. The summed E-state index contributed by atoms with van der Waals surface area (Å²) >= 11 is 0. The lowest BCUT2D eigenvalue weighted by atomic mass is 10.00. The van der Waals surface area contributed by atoms with Crippen LogP contribution in [-0.4, -0.2) is 22.2 Å². The van der Waals surface area contributed by atoms with Gasteiger partial charge in [0.25, 0.3) is 0 Å². The van der Waals surface area contributed by atoms with Gasteiger partial charge in [-0.25, -0.2) is 0 Å². The van der Waals surface area contributed by atoms with Gasteiger partial charge in [0.05, 0.1) is 18.9 Å². The van der Waals surface area contributed by atoms with Gasteiger partial charge < -0.3 is 4.74 Å². The molecule has 0 aliphatic heterocycles. The highest BCUT2D eigenvalue weighted by atomic mass is 16.5. The number of ether oxygens (including phenoxy) is 1. The van der Waals surface area contributed by atoms with Gasteiger partial charge in [0, 0.05) is 17.7 Å². The molecule has 0 aliphatic rings. The van der Waals surface area contributed by atoms with E-state index in [1.54, 1.807) is 0 Å². The normalized spacial score (nSPS) is 11.1. The first-order valence-corrected chi connectivity index (χ1v) is 15.1. The second-order valence-corrected chi connectivity index (χ2v) is 10.3. The van der Waals surface area contributed by atoms with Crippen molar-refractivity contribution in [3.05, 3.63) is 64.7 Å². The van der Waals surface area contributed by atoms with Crippen molar-refractivity contribution in [1.82, 2.24) is 9.78 Å². The maximum absolute atomic E-state index is 12.3. The van der Waals surface area contributed by atoms with Crippen LogP contribution in [0.1, 0.15) is 140 Å². The molecule has 0 spiro atoms. The average Bonchev–Trinajstić information content (AvgIpc) is 3.24. The predicted octanol–water partition coefficient (Wildman–Crippen LogP) is 9.91. The van der Waals surface area contributed by atoms with Gasteiger partial charge in [0.15, 0.2) is 5.78 Å². The van der Waals surface area contributed by atoms with E-state index in [0.717, 1.165) is 50.5 Å². The van der Waals surface area contributed by atoms with Crippen LogP contribution in [0.3, 0.4) is 0 Å². The van der Waals surface area contributed by atoms with Crippen molar-refractivity contribution in [2.75, 3.05) is 6.61 Å². The summed E-state index contributed by atoms with van der Waals surface area (Å²) in [5.74, 6) is 1.92. The summed E-state index contributed by atoms with van der Waals surface area (Å²) in [5, 5.41) is 4.71. The third-order valence-corrected chi connectivity index (χ3v) is 6.67. The number of aryl methyl sites for hydroxylation is 1. The molecule has 216 valence electrons. The van der Waals surface area contributed by atoms with E-state index in [9.17, 15) is 4.79 Å². The number of carbonyl (C=O) groups is 1. The van der Waals surface area contributed by atoms with Crippen LogP contribution in [0.4, 0.5) is 0 Å². The van der Waals surface area contributed by atoms with Gasteiger partial charge in [-0.05, 0) is 57.1 Å². The van der Waals surface area contributed by atoms with Crippen LogP contribution in [0.25, 0.3) is 0 Å². The number of nitrogens with zero attached hydrogens (tertiary/aromatic N) is 2. The second kappa shape index (κ2) is 21.6. The van der Waals surface area contributed by atoms with E-state index in [1.165, 1.54) is 54.5 Å². The number of benzene rings is 1. The molecule has 0 aliphatic carbocycles. The number of hydrogen-bond donors (Lipinski definition) is 0. The fraction of sp³-hybridized carbons (Fsp3) is 0.647. The first-order valence-electron chi connectivity index (χ1n) is 15.1. The molecule has 1 aromatic heterocycles. The predicted molar refractivity (Wildman–Crippen MR) is 165 cm³/mol. The first-order chi connectivity index (χ1) is 18.2. The van der Waals surface area contributed by atoms with Crippen LogP contribution in [0.5, 0.6) is 0 Å². The molecule has 38 heavy (non-hydrogen) atoms. The summed E-state index contributed by atoms with van der Waals surface area (Å²) in [5.41, 5.74) is 5.63. The lowest BCUT2D eigenvalue weighted by Crippen LogP contribution is -2.08. The fourth-order valence-corrected chi connectivity index (χ4v) is 4.45. The third kappa shape index (κ3) is 14.0. The zero-order chi connectivity index (χ0) is 28.9. The van der Waals surface area contributed by atoms with E-state index in [4.69, 9.17) is 9.84 Å². The summed E-state index contributed by atoms with van der Waals surface area (Å²) in [6, 6.07) is 8.39. The molecule has 0 N–H and O–H groups in total. The van der Waals surface area contributed by atoms with Gasteiger partial charge in [0.2, 0.25) is 0 Å². The number of Topliss-reactive ketones (excluding diaryl/α,β-unsaturated/α-hetero) is 1. The Morgan fingerprint density at radius 3 is 2.13 bits per heavy atom. The van der Waals surface area contributed by atoms with Crippen molar-refractivity contribution in [2.45, 2.75) is 133 Å². The highest BCUT2D eigenvalue weighted by molar-refractivity contribution is 5.95. The SMILES string of the molecule is C=C(C)OCC.CCCCC(C)CCC.CCCCc1c(C(=O)CC)nn(Cc2ccccc2C)c1CC. The molecule has 0 saturated heterocycles. The van der Waals surface area contributed by atoms with Crippen LogP contribution in [0.2, 0.25) is 0 Å². The average molecular weight is 527 g/mol. The van der Waals surface area contributed by atoms with E-state index in [2.05, 4.69) is 77.1 Å². The Hall–Kier alpha value is -2.36. The molecular formula is C34H58N2O2. The van der Waals surface area contributed by atoms with Gasteiger partial charge in [-0.2, -0.15) is 5.10 Å². The van der Waals surface area contributed by atoms with Crippen LogP contribution < -0.4 is 0 Å². The van der Waals surface area contributed by atoms with E-state index >= 15 is 0 Å². The zero-order valence-electron chi connectivity index (χ0n) is 26.3. The van der Waals surface area contributed by atoms with E-state index < -0.39 is 0 Å². The molecule has 1 aromatic carbocycles. The minimum absolute atomic E-state index is 0.161. The molecular weight excluding hydrogens is 468 g/mol. The monoisotopic (exact) mass is 526 g/mol. The maximum atomic E-state index is 12.3. The van der Waals surface area contributed by atoms with Gasteiger partial charge in [-0.1, -0.05) is 111 Å². The minimum Gasteiger partial charge on any atom is -0.499 e. The number of hydrogen-bond acceptors (Lipinski definition) is 3. The van der Waals surface area contributed by atoms with Crippen molar-refractivity contribution in [3.63, 3.8) is 0 Å². The summed E-state index contributed by atoms with van der Waals surface area (Å²) in [6.45, 7) is 24.0. The fourth-order valence-electron chi connectivity index (χ4n) is 4.45. The van der Waals surface area contributed by atoms with Crippen molar-refractivity contribution >= 4 is 5.78 Å². The molecule has 4 nitrogen and oxygen atoms in total. The van der Waals surface area contributed by atoms with Crippen LogP contribution in [0.15, 0.2) is 36.6 Å². The van der Waals surface area contributed by atoms with E-state index in [1.807, 2.05) is 20.8 Å². The third-order valence-electron chi connectivity index (χ3n) is 6.67. The Morgan fingerprint density at radius 2 is 1.66 bits per heavy atom. The van der Waals surface area contributed by atoms with Gasteiger partial charge in [-0.15, -0.1) is 0 Å². The van der Waals surface area contributed by atoms with Crippen molar-refractivity contribution in [1.29, 1.82) is 0 Å². The highest BCUT2D eigenvalue weighted by Gasteiger charge is 2.20. The number of aromatic nitrogens is 2. The molecule has 1 unspecified atom stereocenters. The highest BCUT2D eigenvalue weighted by Crippen LogP contribution is 2.22. The summed E-state index contributed by atoms with van der Waals surface area (Å²) in [6.07, 6.45) is 11.6. The standard InChI is InChI=1S/C20H28N2O.C9H20.C5H10O/c1-5-8-13-17-18(6-2)22(21-20(17)19(23)7-3)14-16-12-10-9-11-15(16)4;1-4-6-8-9(3)7-5-2;1-4-6-5(2)3/h9-12H,5-8,13-14H2,1-4H3;9H,4-8H2,1-3H3;2,4H2,1,3H3. The summed E-state index contributed by atoms with van der Waals surface area (Å²) < 4.78 is 6.90. The molecule has 2 rings (SSSR count). The van der Waals surface area contributed by atoms with Gasteiger partial charge in [0.1, 0.15) is 5.69 Å². The Balaban J connectivity index is 0.000000752. The number of unbranched alkanes of at least 4 members (excludes halogenated alkanes) is 2. The summed E-state index contributed by atoms with van der Waals surface area (Å²) in [7, 11) is 0. The molecule has 0 fully saturated rings. The van der Waals surface area contributed by atoms with Crippen LogP contribution in [0, 0.1) is 12.8 Å². The first kappa shape index (κ1) is 35.6. The largest absolute Gasteiger partial charge is 0.499 e. The van der Waals surface area contributed by atoms with Gasteiger partial charge >= 0.3 is 0 Å². The Labute approximate surface area is 235 Å². The second-order valence-electron chi connectivity index (χ2n) is 10.3. The molecule has 4 heteroatoms. The van der Waals surface area contributed by atoms with E-state index in [-0.39, 0.29) is 5.78 Å². The Morgan fingerprint density at radius 1 is 1.00 bits per heavy atom. The molecule has 1 heterocycles. The molecule has 0 bridgehead atoms. The molecule has 1 atom stereocenters.